The SMILES string of the molecule is CCC(C)C(N)C(=O)Nc1ccc(C(=O)Nc2ccccc2)cc1. The van der Waals surface area contributed by atoms with Gasteiger partial charge in [0.2, 0.25) is 5.91 Å². The van der Waals surface area contributed by atoms with Crippen LogP contribution in [0.25, 0.3) is 0 Å². The highest BCUT2D eigenvalue weighted by atomic mass is 16.2. The molecule has 0 bridgehead atoms. The van der Waals surface area contributed by atoms with Crippen molar-refractivity contribution < 1.29 is 9.59 Å². The minimum absolute atomic E-state index is 0.112. The number of carbonyl (C=O) groups excluding carboxylic acids is 2. The van der Waals surface area contributed by atoms with Crippen molar-refractivity contribution in [2.75, 3.05) is 10.6 Å². The average Bonchev–Trinajstić information content (AvgIpc) is 2.61. The molecule has 2 rings (SSSR count). The van der Waals surface area contributed by atoms with Crippen LogP contribution in [-0.4, -0.2) is 17.9 Å². The van der Waals surface area contributed by atoms with Crippen LogP contribution in [0.2, 0.25) is 0 Å². The van der Waals surface area contributed by atoms with Crippen molar-refractivity contribution in [1.29, 1.82) is 0 Å². The highest BCUT2D eigenvalue weighted by molar-refractivity contribution is 6.04. The van der Waals surface area contributed by atoms with Crippen LogP contribution in [-0.2, 0) is 4.79 Å². The molecule has 2 atom stereocenters. The van der Waals surface area contributed by atoms with Crippen molar-refractivity contribution in [3.8, 4) is 0 Å². The lowest BCUT2D eigenvalue weighted by atomic mass is 9.99. The number of hydrogen-bond acceptors (Lipinski definition) is 3. The average molecular weight is 325 g/mol. The van der Waals surface area contributed by atoms with E-state index in [-0.39, 0.29) is 17.7 Å². The second-order valence-corrected chi connectivity index (χ2v) is 5.80. The van der Waals surface area contributed by atoms with Crippen LogP contribution >= 0.6 is 0 Å². The van der Waals surface area contributed by atoms with Gasteiger partial charge in [0.05, 0.1) is 6.04 Å². The van der Waals surface area contributed by atoms with Crippen molar-refractivity contribution in [3.63, 3.8) is 0 Å². The third-order valence-electron chi connectivity index (χ3n) is 4.01. The zero-order valence-corrected chi connectivity index (χ0v) is 14.0. The molecule has 0 aromatic heterocycles. The van der Waals surface area contributed by atoms with Gasteiger partial charge < -0.3 is 16.4 Å². The summed E-state index contributed by atoms with van der Waals surface area (Å²) in [6, 6.07) is 15.4. The van der Waals surface area contributed by atoms with E-state index in [1.54, 1.807) is 24.3 Å². The lowest BCUT2D eigenvalue weighted by molar-refractivity contribution is -0.118. The van der Waals surface area contributed by atoms with Gasteiger partial charge in [-0.05, 0) is 42.3 Å². The number of nitrogens with two attached hydrogens (primary N) is 1. The van der Waals surface area contributed by atoms with Crippen LogP contribution < -0.4 is 16.4 Å². The summed E-state index contributed by atoms with van der Waals surface area (Å²) in [6.07, 6.45) is 0.840. The third kappa shape index (κ3) is 4.67. The summed E-state index contributed by atoms with van der Waals surface area (Å²) in [7, 11) is 0. The van der Waals surface area contributed by atoms with Crippen molar-refractivity contribution in [3.05, 3.63) is 60.2 Å². The topological polar surface area (TPSA) is 84.2 Å². The summed E-state index contributed by atoms with van der Waals surface area (Å²) >= 11 is 0. The summed E-state index contributed by atoms with van der Waals surface area (Å²) in [5, 5.41) is 5.59. The minimum atomic E-state index is -0.545. The Kier molecular flexibility index (Phi) is 6.09. The highest BCUT2D eigenvalue weighted by Gasteiger charge is 2.19. The van der Waals surface area contributed by atoms with E-state index in [0.29, 0.717) is 11.3 Å². The van der Waals surface area contributed by atoms with E-state index in [4.69, 9.17) is 5.73 Å². The normalized spacial score (nSPS) is 13.0. The van der Waals surface area contributed by atoms with Crippen LogP contribution in [0, 0.1) is 5.92 Å². The van der Waals surface area contributed by atoms with Crippen LogP contribution in [0.4, 0.5) is 11.4 Å². The standard InChI is InChI=1S/C19H23N3O2/c1-3-13(2)17(20)19(24)22-16-11-9-14(10-12-16)18(23)21-15-7-5-4-6-8-15/h4-13,17H,3,20H2,1-2H3,(H,21,23)(H,22,24). The van der Waals surface area contributed by atoms with Crippen LogP contribution in [0.1, 0.15) is 30.6 Å². The van der Waals surface area contributed by atoms with Gasteiger partial charge in [-0.25, -0.2) is 0 Å². The molecule has 0 saturated carbocycles. The molecular formula is C19H23N3O2. The molecular weight excluding hydrogens is 302 g/mol. The van der Waals surface area contributed by atoms with E-state index in [9.17, 15) is 9.59 Å². The maximum atomic E-state index is 12.2. The summed E-state index contributed by atoms with van der Waals surface area (Å²) in [5.41, 5.74) is 7.78. The van der Waals surface area contributed by atoms with Gasteiger partial charge in [-0.2, -0.15) is 0 Å². The summed E-state index contributed by atoms with van der Waals surface area (Å²) in [4.78, 5) is 24.2. The molecule has 2 unspecified atom stereocenters. The molecule has 0 heterocycles. The molecule has 0 spiro atoms. The van der Waals surface area contributed by atoms with Gasteiger partial charge >= 0.3 is 0 Å². The van der Waals surface area contributed by atoms with Gasteiger partial charge in [0.15, 0.2) is 0 Å². The summed E-state index contributed by atoms with van der Waals surface area (Å²) in [6.45, 7) is 3.94. The molecule has 5 heteroatoms. The Labute approximate surface area is 142 Å². The molecule has 2 amide bonds. The lowest BCUT2D eigenvalue weighted by Crippen LogP contribution is -2.40. The van der Waals surface area contributed by atoms with Crippen LogP contribution in [0.3, 0.4) is 0 Å². The first-order chi connectivity index (χ1) is 11.5. The van der Waals surface area contributed by atoms with Gasteiger partial charge in [0, 0.05) is 16.9 Å². The molecule has 24 heavy (non-hydrogen) atoms. The Hall–Kier alpha value is -2.66. The Bertz CT molecular complexity index is 684. The number of nitrogens with one attached hydrogen (secondary N) is 2. The number of benzene rings is 2. The van der Waals surface area contributed by atoms with Gasteiger partial charge in [0.1, 0.15) is 0 Å². The number of hydrogen-bond donors (Lipinski definition) is 3. The first kappa shape index (κ1) is 17.7. The van der Waals surface area contributed by atoms with E-state index >= 15 is 0 Å². The van der Waals surface area contributed by atoms with Gasteiger partial charge in [-0.3, -0.25) is 9.59 Å². The van der Waals surface area contributed by atoms with Gasteiger partial charge in [-0.1, -0.05) is 38.5 Å². The Morgan fingerprint density at radius 3 is 2.12 bits per heavy atom. The van der Waals surface area contributed by atoms with Crippen molar-refractivity contribution in [2.24, 2.45) is 11.7 Å². The smallest absolute Gasteiger partial charge is 0.255 e. The molecule has 2 aromatic rings. The van der Waals surface area contributed by atoms with E-state index in [2.05, 4.69) is 10.6 Å². The highest BCUT2D eigenvalue weighted by Crippen LogP contribution is 2.14. The van der Waals surface area contributed by atoms with Gasteiger partial charge in [0.25, 0.3) is 5.91 Å². The maximum Gasteiger partial charge on any atom is 0.255 e. The van der Waals surface area contributed by atoms with Crippen LogP contribution in [0.15, 0.2) is 54.6 Å². The molecule has 5 nitrogen and oxygen atoms in total. The maximum absolute atomic E-state index is 12.2. The number of carbonyl (C=O) groups is 2. The molecule has 0 aliphatic rings. The van der Waals surface area contributed by atoms with E-state index in [0.717, 1.165) is 12.1 Å². The first-order valence-electron chi connectivity index (χ1n) is 8.04. The van der Waals surface area contributed by atoms with Crippen LogP contribution in [0.5, 0.6) is 0 Å². The molecule has 2 aromatic carbocycles. The number of amides is 2. The summed E-state index contributed by atoms with van der Waals surface area (Å²) in [5.74, 6) is -0.304. The third-order valence-corrected chi connectivity index (χ3v) is 4.01. The molecule has 4 N–H and O–H groups in total. The largest absolute Gasteiger partial charge is 0.325 e. The zero-order chi connectivity index (χ0) is 17.5. The number of para-hydroxylation sites is 1. The minimum Gasteiger partial charge on any atom is -0.325 e. The fraction of sp³-hybridized carbons (Fsp3) is 0.263. The predicted molar refractivity (Wildman–Crippen MR) is 96.9 cm³/mol. The molecule has 0 aliphatic carbocycles. The zero-order valence-electron chi connectivity index (χ0n) is 14.0. The number of rotatable bonds is 6. The quantitative estimate of drug-likeness (QED) is 0.762. The van der Waals surface area contributed by atoms with E-state index in [1.165, 1.54) is 0 Å². The Balaban J connectivity index is 1.97. The number of anilines is 2. The molecule has 0 saturated heterocycles. The predicted octanol–water partition coefficient (Wildman–Crippen LogP) is 3.25. The fourth-order valence-corrected chi connectivity index (χ4v) is 2.17. The fourth-order valence-electron chi connectivity index (χ4n) is 2.17. The molecule has 126 valence electrons. The molecule has 0 aliphatic heterocycles. The lowest BCUT2D eigenvalue weighted by Gasteiger charge is -2.17. The summed E-state index contributed by atoms with van der Waals surface area (Å²) < 4.78 is 0. The second kappa shape index (κ2) is 8.26. The van der Waals surface area contributed by atoms with Gasteiger partial charge in [-0.15, -0.1) is 0 Å². The molecule has 0 radical (unpaired) electrons. The Morgan fingerprint density at radius 1 is 0.958 bits per heavy atom. The van der Waals surface area contributed by atoms with Crippen molar-refractivity contribution in [1.82, 2.24) is 0 Å². The van der Waals surface area contributed by atoms with E-state index in [1.807, 2.05) is 44.2 Å². The second-order valence-electron chi connectivity index (χ2n) is 5.80. The monoisotopic (exact) mass is 325 g/mol. The first-order valence-corrected chi connectivity index (χ1v) is 8.04. The molecule has 0 fully saturated rings. The van der Waals surface area contributed by atoms with E-state index < -0.39 is 6.04 Å². The van der Waals surface area contributed by atoms with Crippen molar-refractivity contribution in [2.45, 2.75) is 26.3 Å². The van der Waals surface area contributed by atoms with Crippen molar-refractivity contribution >= 4 is 23.2 Å². The Morgan fingerprint density at radius 2 is 1.54 bits per heavy atom.